The number of amides is 1. The van der Waals surface area contributed by atoms with E-state index < -0.39 is 0 Å². The number of furan rings is 1. The van der Waals surface area contributed by atoms with Crippen molar-refractivity contribution in [2.75, 3.05) is 20.3 Å². The number of carbonyl (C=O) groups excluding carboxylic acids is 1. The van der Waals surface area contributed by atoms with Crippen molar-refractivity contribution < 1.29 is 18.7 Å². The lowest BCUT2D eigenvalue weighted by Crippen LogP contribution is -2.30. The summed E-state index contributed by atoms with van der Waals surface area (Å²) in [4.78, 5) is 13.7. The number of ether oxygens (including phenoxy) is 2. The summed E-state index contributed by atoms with van der Waals surface area (Å²) in [6, 6.07) is 10.6. The molecule has 0 bridgehead atoms. The average Bonchev–Trinajstić information content (AvgIpc) is 2.98. The summed E-state index contributed by atoms with van der Waals surface area (Å²) in [5.41, 5.74) is 0.474. The molecule has 0 aliphatic heterocycles. The standard InChI is InChI=1S/C18H20N2O4/c1-4-22-17-9-14(10-19)6-8-16(17)23-12-18(21)20(3)11-15-7-5-13(2)24-15/h5-9H,4,11-12H2,1-3H3. The molecule has 0 aliphatic carbocycles. The summed E-state index contributed by atoms with van der Waals surface area (Å²) in [6.45, 7) is 4.39. The molecule has 6 nitrogen and oxygen atoms in total. The molecule has 0 N–H and O–H groups in total. The lowest BCUT2D eigenvalue weighted by atomic mass is 10.2. The highest BCUT2D eigenvalue weighted by Crippen LogP contribution is 2.28. The normalized spacial score (nSPS) is 10.1. The van der Waals surface area contributed by atoms with Gasteiger partial charge in [0.15, 0.2) is 18.1 Å². The fraction of sp³-hybridized carbons (Fsp3) is 0.333. The van der Waals surface area contributed by atoms with E-state index in [9.17, 15) is 4.79 Å². The van der Waals surface area contributed by atoms with E-state index in [-0.39, 0.29) is 12.5 Å². The first-order valence-electron chi connectivity index (χ1n) is 7.62. The molecular weight excluding hydrogens is 308 g/mol. The van der Waals surface area contributed by atoms with Crippen molar-refractivity contribution in [1.29, 1.82) is 5.26 Å². The lowest BCUT2D eigenvalue weighted by Gasteiger charge is -2.17. The molecule has 1 aromatic carbocycles. The zero-order valence-electron chi connectivity index (χ0n) is 14.0. The quantitative estimate of drug-likeness (QED) is 0.781. The number of hydrogen-bond donors (Lipinski definition) is 0. The summed E-state index contributed by atoms with van der Waals surface area (Å²) >= 11 is 0. The minimum Gasteiger partial charge on any atom is -0.490 e. The second kappa shape index (κ2) is 8.06. The van der Waals surface area contributed by atoms with Gasteiger partial charge < -0.3 is 18.8 Å². The van der Waals surface area contributed by atoms with Gasteiger partial charge >= 0.3 is 0 Å². The molecule has 1 heterocycles. The van der Waals surface area contributed by atoms with E-state index in [1.165, 1.54) is 4.90 Å². The first kappa shape index (κ1) is 17.4. The van der Waals surface area contributed by atoms with Crippen LogP contribution in [0.1, 0.15) is 24.0 Å². The van der Waals surface area contributed by atoms with E-state index >= 15 is 0 Å². The van der Waals surface area contributed by atoms with Crippen LogP contribution >= 0.6 is 0 Å². The zero-order chi connectivity index (χ0) is 17.5. The molecule has 0 saturated carbocycles. The molecule has 0 fully saturated rings. The van der Waals surface area contributed by atoms with Crippen LogP contribution in [0.2, 0.25) is 0 Å². The van der Waals surface area contributed by atoms with Gasteiger partial charge in [0.1, 0.15) is 11.5 Å². The van der Waals surface area contributed by atoms with E-state index in [0.29, 0.717) is 30.2 Å². The average molecular weight is 328 g/mol. The van der Waals surface area contributed by atoms with Crippen molar-refractivity contribution in [1.82, 2.24) is 4.90 Å². The Hall–Kier alpha value is -2.94. The second-order valence-electron chi connectivity index (χ2n) is 5.26. The molecule has 1 aromatic heterocycles. The number of nitrogens with zero attached hydrogens (tertiary/aromatic N) is 2. The van der Waals surface area contributed by atoms with Crippen LogP contribution in [-0.4, -0.2) is 31.1 Å². The maximum Gasteiger partial charge on any atom is 0.260 e. The summed E-state index contributed by atoms with van der Waals surface area (Å²) < 4.78 is 16.5. The van der Waals surface area contributed by atoms with Gasteiger partial charge in [-0.1, -0.05) is 0 Å². The molecule has 0 atom stereocenters. The molecule has 0 radical (unpaired) electrons. The van der Waals surface area contributed by atoms with Crippen LogP contribution in [0, 0.1) is 18.3 Å². The molecule has 2 aromatic rings. The zero-order valence-corrected chi connectivity index (χ0v) is 14.0. The van der Waals surface area contributed by atoms with Gasteiger partial charge in [-0.25, -0.2) is 0 Å². The smallest absolute Gasteiger partial charge is 0.260 e. The van der Waals surface area contributed by atoms with Crippen molar-refractivity contribution in [2.24, 2.45) is 0 Å². The third-order valence-corrected chi connectivity index (χ3v) is 3.34. The fourth-order valence-electron chi connectivity index (χ4n) is 2.11. The van der Waals surface area contributed by atoms with Gasteiger partial charge in [0.05, 0.1) is 24.8 Å². The predicted molar refractivity (Wildman–Crippen MR) is 87.7 cm³/mol. The fourth-order valence-corrected chi connectivity index (χ4v) is 2.11. The summed E-state index contributed by atoms with van der Waals surface area (Å²) in [6.07, 6.45) is 0. The highest BCUT2D eigenvalue weighted by atomic mass is 16.5. The largest absolute Gasteiger partial charge is 0.490 e. The Labute approximate surface area is 141 Å². The Bertz CT molecular complexity index is 746. The molecular formula is C18H20N2O4. The number of nitriles is 1. The van der Waals surface area contributed by atoms with Crippen molar-refractivity contribution in [3.8, 4) is 17.6 Å². The monoisotopic (exact) mass is 328 g/mol. The minimum atomic E-state index is -0.184. The highest BCUT2D eigenvalue weighted by Gasteiger charge is 2.14. The van der Waals surface area contributed by atoms with Crippen LogP contribution in [-0.2, 0) is 11.3 Å². The Kier molecular flexibility index (Phi) is 5.85. The van der Waals surface area contributed by atoms with Crippen LogP contribution in [0.3, 0.4) is 0 Å². The lowest BCUT2D eigenvalue weighted by molar-refractivity contribution is -0.132. The first-order chi connectivity index (χ1) is 11.5. The Morgan fingerprint density at radius 1 is 1.25 bits per heavy atom. The van der Waals surface area contributed by atoms with E-state index in [2.05, 4.69) is 0 Å². The van der Waals surface area contributed by atoms with Crippen molar-refractivity contribution >= 4 is 5.91 Å². The van der Waals surface area contributed by atoms with Crippen molar-refractivity contribution in [2.45, 2.75) is 20.4 Å². The van der Waals surface area contributed by atoms with Gasteiger partial charge in [0, 0.05) is 13.1 Å². The minimum absolute atomic E-state index is 0.123. The third kappa shape index (κ3) is 4.53. The molecule has 126 valence electrons. The maximum atomic E-state index is 12.2. The van der Waals surface area contributed by atoms with E-state index in [1.807, 2.05) is 32.0 Å². The Morgan fingerprint density at radius 2 is 2.04 bits per heavy atom. The first-order valence-corrected chi connectivity index (χ1v) is 7.62. The van der Waals surface area contributed by atoms with Gasteiger partial charge in [-0.15, -0.1) is 0 Å². The van der Waals surface area contributed by atoms with E-state index in [0.717, 1.165) is 11.5 Å². The highest BCUT2D eigenvalue weighted by molar-refractivity contribution is 5.77. The SMILES string of the molecule is CCOc1cc(C#N)ccc1OCC(=O)N(C)Cc1ccc(C)o1. The number of likely N-dealkylation sites (N-methyl/N-ethyl adjacent to an activating group) is 1. The number of benzene rings is 1. The van der Waals surface area contributed by atoms with E-state index in [1.54, 1.807) is 25.2 Å². The van der Waals surface area contributed by atoms with E-state index in [4.69, 9.17) is 19.2 Å². The second-order valence-corrected chi connectivity index (χ2v) is 5.26. The Balaban J connectivity index is 1.96. The molecule has 24 heavy (non-hydrogen) atoms. The number of carbonyl (C=O) groups is 1. The molecule has 1 amide bonds. The van der Waals surface area contributed by atoms with Crippen LogP contribution in [0.15, 0.2) is 34.7 Å². The summed E-state index contributed by atoms with van der Waals surface area (Å²) in [7, 11) is 1.69. The van der Waals surface area contributed by atoms with Gasteiger partial charge in [0.2, 0.25) is 0 Å². The van der Waals surface area contributed by atoms with Crippen LogP contribution < -0.4 is 9.47 Å². The molecule has 2 rings (SSSR count). The summed E-state index contributed by atoms with van der Waals surface area (Å²) in [5.74, 6) is 2.23. The summed E-state index contributed by atoms with van der Waals surface area (Å²) in [5, 5.41) is 8.94. The molecule has 6 heteroatoms. The molecule has 0 unspecified atom stereocenters. The van der Waals surface area contributed by atoms with Crippen LogP contribution in [0.25, 0.3) is 0 Å². The number of rotatable bonds is 7. The topological polar surface area (TPSA) is 75.7 Å². The van der Waals surface area contributed by atoms with Crippen molar-refractivity contribution in [3.63, 3.8) is 0 Å². The van der Waals surface area contributed by atoms with Crippen molar-refractivity contribution in [3.05, 3.63) is 47.4 Å². The van der Waals surface area contributed by atoms with Crippen LogP contribution in [0.4, 0.5) is 0 Å². The van der Waals surface area contributed by atoms with Crippen LogP contribution in [0.5, 0.6) is 11.5 Å². The van der Waals surface area contributed by atoms with Gasteiger partial charge in [-0.05, 0) is 38.1 Å². The predicted octanol–water partition coefficient (Wildman–Crippen LogP) is 2.90. The molecule has 0 saturated heterocycles. The molecule has 0 spiro atoms. The number of hydrogen-bond acceptors (Lipinski definition) is 5. The Morgan fingerprint density at radius 3 is 2.67 bits per heavy atom. The van der Waals surface area contributed by atoms with Gasteiger partial charge in [-0.2, -0.15) is 5.26 Å². The maximum absolute atomic E-state index is 12.2. The molecule has 0 aliphatic rings. The number of aryl methyl sites for hydroxylation is 1. The third-order valence-electron chi connectivity index (χ3n) is 3.34. The van der Waals surface area contributed by atoms with Gasteiger partial charge in [0.25, 0.3) is 5.91 Å². The van der Waals surface area contributed by atoms with Gasteiger partial charge in [-0.3, -0.25) is 4.79 Å².